The molecule has 0 saturated carbocycles. The molecule has 1 heterocycles. The van der Waals surface area contributed by atoms with E-state index in [0.29, 0.717) is 6.61 Å². The van der Waals surface area contributed by atoms with Gasteiger partial charge < -0.3 is 14.2 Å². The molecule has 5 heteroatoms. The first kappa shape index (κ1) is 13.7. The molecule has 0 bridgehead atoms. The van der Waals surface area contributed by atoms with E-state index in [2.05, 4.69) is 0 Å². The summed E-state index contributed by atoms with van der Waals surface area (Å²) in [6.07, 6.45) is 4.61. The van der Waals surface area contributed by atoms with Crippen LogP contribution in [0.3, 0.4) is 0 Å². The average Bonchev–Trinajstić information content (AvgIpc) is 2.20. The number of esters is 2. The van der Waals surface area contributed by atoms with Gasteiger partial charge in [0.15, 0.2) is 0 Å². The molecule has 2 atom stereocenters. The molecule has 1 aliphatic rings. The minimum atomic E-state index is -0.493. The van der Waals surface area contributed by atoms with Gasteiger partial charge in [0, 0.05) is 20.5 Å². The molecule has 1 rings (SSSR count). The molecule has 0 aliphatic carbocycles. The molecule has 0 amide bonds. The average molecular weight is 242 g/mol. The Bertz CT molecular complexity index is 297. The Morgan fingerprint density at radius 1 is 1.35 bits per heavy atom. The number of rotatable bonds is 3. The molecule has 96 valence electrons. The fraction of sp³-hybridized carbons (Fsp3) is 0.667. The highest BCUT2D eigenvalue weighted by molar-refractivity contribution is 5.66. The molecule has 0 aromatic heterocycles. The van der Waals surface area contributed by atoms with Gasteiger partial charge in [-0.2, -0.15) is 0 Å². The van der Waals surface area contributed by atoms with E-state index in [4.69, 9.17) is 14.2 Å². The summed E-state index contributed by atoms with van der Waals surface area (Å²) < 4.78 is 15.6. The lowest BCUT2D eigenvalue weighted by Gasteiger charge is -2.25. The van der Waals surface area contributed by atoms with Crippen LogP contribution in [0.25, 0.3) is 0 Å². The van der Waals surface area contributed by atoms with Crippen molar-refractivity contribution >= 4 is 11.9 Å². The summed E-state index contributed by atoms with van der Waals surface area (Å²) in [6, 6.07) is 0. The number of hydrogen-bond donors (Lipinski definition) is 0. The lowest BCUT2D eigenvalue weighted by atomic mass is 10.1. The van der Waals surface area contributed by atoms with Crippen molar-refractivity contribution < 1.29 is 23.8 Å². The Labute approximate surface area is 101 Å². The van der Waals surface area contributed by atoms with Crippen molar-refractivity contribution in [2.45, 2.75) is 38.9 Å². The molecule has 0 radical (unpaired) electrons. The number of carbonyl (C=O) groups is 2. The zero-order valence-corrected chi connectivity index (χ0v) is 10.2. The van der Waals surface area contributed by atoms with Crippen LogP contribution in [0.5, 0.6) is 0 Å². The van der Waals surface area contributed by atoms with Gasteiger partial charge in [-0.05, 0) is 18.9 Å². The molecule has 0 spiro atoms. The molecule has 1 aliphatic heterocycles. The van der Waals surface area contributed by atoms with Crippen molar-refractivity contribution in [3.05, 3.63) is 12.2 Å². The van der Waals surface area contributed by atoms with Gasteiger partial charge in [0.1, 0.15) is 18.8 Å². The van der Waals surface area contributed by atoms with E-state index >= 15 is 0 Å². The minimum absolute atomic E-state index is 0.0949. The summed E-state index contributed by atoms with van der Waals surface area (Å²) in [5, 5.41) is 0. The van der Waals surface area contributed by atoms with Gasteiger partial charge in [-0.3, -0.25) is 9.59 Å². The van der Waals surface area contributed by atoms with E-state index in [1.54, 1.807) is 6.08 Å². The van der Waals surface area contributed by atoms with Crippen LogP contribution in [0.1, 0.15) is 26.7 Å². The molecular formula is C12H18O5. The Kier molecular flexibility index (Phi) is 5.69. The van der Waals surface area contributed by atoms with Crippen LogP contribution in [0.4, 0.5) is 0 Å². The van der Waals surface area contributed by atoms with Crippen LogP contribution in [0, 0.1) is 0 Å². The predicted molar refractivity (Wildman–Crippen MR) is 60.3 cm³/mol. The summed E-state index contributed by atoms with van der Waals surface area (Å²) in [5.41, 5.74) is 0. The maximum Gasteiger partial charge on any atom is 0.303 e. The minimum Gasteiger partial charge on any atom is -0.463 e. The number of carbonyl (C=O) groups excluding carboxylic acids is 2. The highest BCUT2D eigenvalue weighted by Crippen LogP contribution is 2.12. The molecular weight excluding hydrogens is 224 g/mol. The van der Waals surface area contributed by atoms with Crippen LogP contribution >= 0.6 is 0 Å². The first-order valence-electron chi connectivity index (χ1n) is 5.68. The molecule has 0 N–H and O–H groups in total. The van der Waals surface area contributed by atoms with Gasteiger partial charge >= 0.3 is 11.9 Å². The summed E-state index contributed by atoms with van der Waals surface area (Å²) in [4.78, 5) is 21.7. The third-order valence-corrected chi connectivity index (χ3v) is 2.29. The molecule has 17 heavy (non-hydrogen) atoms. The fourth-order valence-electron chi connectivity index (χ4n) is 1.53. The lowest BCUT2D eigenvalue weighted by Crippen LogP contribution is -2.37. The highest BCUT2D eigenvalue weighted by atomic mass is 16.6. The zero-order valence-electron chi connectivity index (χ0n) is 10.2. The summed E-state index contributed by atoms with van der Waals surface area (Å²) in [5.74, 6) is -0.752. The smallest absolute Gasteiger partial charge is 0.303 e. The van der Waals surface area contributed by atoms with Crippen molar-refractivity contribution in [2.24, 2.45) is 0 Å². The van der Waals surface area contributed by atoms with Crippen molar-refractivity contribution in [1.82, 2.24) is 0 Å². The van der Waals surface area contributed by atoms with E-state index in [1.807, 2.05) is 6.08 Å². The number of allylic oxidation sites excluding steroid dienone is 1. The first-order valence-corrected chi connectivity index (χ1v) is 5.68. The number of hydrogen-bond acceptors (Lipinski definition) is 5. The van der Waals surface area contributed by atoms with Crippen LogP contribution in [-0.4, -0.2) is 37.4 Å². The van der Waals surface area contributed by atoms with Crippen LogP contribution in [0.2, 0.25) is 0 Å². The second-order valence-electron chi connectivity index (χ2n) is 3.86. The fourth-order valence-corrected chi connectivity index (χ4v) is 1.53. The maximum atomic E-state index is 11.0. The molecule has 0 fully saturated rings. The molecule has 5 nitrogen and oxygen atoms in total. The van der Waals surface area contributed by atoms with Crippen molar-refractivity contribution in [2.75, 3.05) is 13.2 Å². The summed E-state index contributed by atoms with van der Waals surface area (Å²) in [7, 11) is 0. The van der Waals surface area contributed by atoms with Gasteiger partial charge in [0.25, 0.3) is 0 Å². The third kappa shape index (κ3) is 5.49. The second kappa shape index (κ2) is 7.06. The van der Waals surface area contributed by atoms with E-state index in [9.17, 15) is 9.59 Å². The van der Waals surface area contributed by atoms with Gasteiger partial charge in [-0.1, -0.05) is 6.08 Å². The van der Waals surface area contributed by atoms with Crippen molar-refractivity contribution in [1.29, 1.82) is 0 Å². The van der Waals surface area contributed by atoms with Gasteiger partial charge in [0.2, 0.25) is 0 Å². The lowest BCUT2D eigenvalue weighted by molar-refractivity contribution is -0.158. The molecule has 0 saturated heterocycles. The number of ether oxygens (including phenoxy) is 3. The molecule has 0 aromatic carbocycles. The van der Waals surface area contributed by atoms with Crippen molar-refractivity contribution in [3.8, 4) is 0 Å². The topological polar surface area (TPSA) is 61.8 Å². The van der Waals surface area contributed by atoms with E-state index in [-0.39, 0.29) is 18.5 Å². The normalized spacial score (nSPS) is 26.5. The Morgan fingerprint density at radius 2 is 2.12 bits per heavy atom. The summed E-state index contributed by atoms with van der Waals surface area (Å²) >= 11 is 0. The Morgan fingerprint density at radius 3 is 2.76 bits per heavy atom. The molecule has 0 aromatic rings. The largest absolute Gasteiger partial charge is 0.463 e. The monoisotopic (exact) mass is 242 g/mol. The summed E-state index contributed by atoms with van der Waals surface area (Å²) in [6.45, 7) is 3.33. The maximum absolute atomic E-state index is 11.0. The highest BCUT2D eigenvalue weighted by Gasteiger charge is 2.24. The Balaban J connectivity index is 2.62. The van der Waals surface area contributed by atoms with Gasteiger partial charge in [-0.25, -0.2) is 0 Å². The Hall–Kier alpha value is -1.36. The van der Waals surface area contributed by atoms with Gasteiger partial charge in [-0.15, -0.1) is 0 Å². The van der Waals surface area contributed by atoms with Crippen molar-refractivity contribution in [3.63, 3.8) is 0 Å². The second-order valence-corrected chi connectivity index (χ2v) is 3.86. The van der Waals surface area contributed by atoms with Crippen LogP contribution < -0.4 is 0 Å². The SMILES string of the molecule is CC(=O)OC[C@H]1OCCC/C=C\[C@H]1OC(C)=O. The van der Waals surface area contributed by atoms with E-state index in [0.717, 1.165) is 12.8 Å². The predicted octanol–water partition coefficient (Wildman–Crippen LogP) is 1.22. The van der Waals surface area contributed by atoms with Crippen LogP contribution in [0.15, 0.2) is 12.2 Å². The molecule has 0 unspecified atom stereocenters. The van der Waals surface area contributed by atoms with Gasteiger partial charge in [0.05, 0.1) is 0 Å². The first-order chi connectivity index (χ1) is 8.09. The quantitative estimate of drug-likeness (QED) is 0.550. The van der Waals surface area contributed by atoms with Crippen LogP contribution in [-0.2, 0) is 23.8 Å². The standard InChI is InChI=1S/C12H18O5/c1-9(13)16-8-12-11(17-10(2)14)6-4-3-5-7-15-12/h4,6,11-12H,3,5,7-8H2,1-2H3/b6-4-/t11-,12-/m1/s1. The zero-order chi connectivity index (χ0) is 12.7. The van der Waals surface area contributed by atoms with E-state index < -0.39 is 12.2 Å². The van der Waals surface area contributed by atoms with E-state index in [1.165, 1.54) is 13.8 Å². The third-order valence-electron chi connectivity index (χ3n) is 2.29.